The normalized spacial score (nSPS) is 21.4. The SMILES string of the molecule is COc1cccc(C2CC(C(=O)N3CC(c4nc(-c5ccccc5)no4)C3)NN2)c1. The summed E-state index contributed by atoms with van der Waals surface area (Å²) in [4.78, 5) is 19.2. The van der Waals surface area contributed by atoms with Gasteiger partial charge in [0.05, 0.1) is 13.0 Å². The summed E-state index contributed by atoms with van der Waals surface area (Å²) in [6.45, 7) is 1.19. The van der Waals surface area contributed by atoms with Crippen molar-refractivity contribution in [2.75, 3.05) is 20.2 Å². The molecule has 2 aliphatic rings. The number of carbonyl (C=O) groups excluding carboxylic acids is 1. The van der Waals surface area contributed by atoms with Gasteiger partial charge < -0.3 is 14.2 Å². The Bertz CT molecular complexity index is 1030. The van der Waals surface area contributed by atoms with Gasteiger partial charge in [0.25, 0.3) is 0 Å². The number of nitrogens with zero attached hydrogens (tertiary/aromatic N) is 3. The van der Waals surface area contributed by atoms with Crippen LogP contribution in [0.3, 0.4) is 0 Å². The second-order valence-corrected chi connectivity index (χ2v) is 7.67. The molecule has 8 nitrogen and oxygen atoms in total. The zero-order valence-corrected chi connectivity index (χ0v) is 16.6. The third-order valence-corrected chi connectivity index (χ3v) is 5.71. The second kappa shape index (κ2) is 7.89. The minimum atomic E-state index is -0.260. The maximum absolute atomic E-state index is 12.9. The summed E-state index contributed by atoms with van der Waals surface area (Å²) in [5.41, 5.74) is 8.38. The lowest BCUT2D eigenvalue weighted by atomic mass is 9.96. The Kier molecular flexibility index (Phi) is 4.94. The number of nitrogens with one attached hydrogen (secondary N) is 2. The number of rotatable bonds is 5. The molecule has 5 rings (SSSR count). The van der Waals surface area contributed by atoms with E-state index < -0.39 is 0 Å². The zero-order valence-electron chi connectivity index (χ0n) is 16.6. The monoisotopic (exact) mass is 405 g/mol. The number of benzene rings is 2. The van der Waals surface area contributed by atoms with Crippen LogP contribution in [0.1, 0.15) is 29.8 Å². The van der Waals surface area contributed by atoms with Crippen molar-refractivity contribution in [3.63, 3.8) is 0 Å². The van der Waals surface area contributed by atoms with Crippen molar-refractivity contribution in [2.24, 2.45) is 0 Å². The van der Waals surface area contributed by atoms with Crippen LogP contribution < -0.4 is 15.6 Å². The van der Waals surface area contributed by atoms with E-state index in [0.29, 0.717) is 31.2 Å². The molecule has 0 saturated carbocycles. The van der Waals surface area contributed by atoms with Crippen LogP contribution in [0.5, 0.6) is 5.75 Å². The van der Waals surface area contributed by atoms with E-state index in [2.05, 4.69) is 21.0 Å². The van der Waals surface area contributed by atoms with E-state index in [4.69, 9.17) is 9.26 Å². The fourth-order valence-electron chi connectivity index (χ4n) is 3.94. The van der Waals surface area contributed by atoms with Gasteiger partial charge in [0, 0.05) is 24.7 Å². The van der Waals surface area contributed by atoms with Crippen LogP contribution in [-0.2, 0) is 4.79 Å². The molecule has 0 radical (unpaired) electrons. The van der Waals surface area contributed by atoms with Crippen molar-refractivity contribution in [3.8, 4) is 17.1 Å². The van der Waals surface area contributed by atoms with E-state index in [9.17, 15) is 4.79 Å². The van der Waals surface area contributed by atoms with Gasteiger partial charge in [-0.2, -0.15) is 4.98 Å². The average molecular weight is 405 g/mol. The third-order valence-electron chi connectivity index (χ3n) is 5.71. The Balaban J connectivity index is 1.17. The Morgan fingerprint density at radius 3 is 2.77 bits per heavy atom. The molecule has 8 heteroatoms. The molecule has 3 aromatic rings. The van der Waals surface area contributed by atoms with Crippen LogP contribution in [0.4, 0.5) is 0 Å². The summed E-state index contributed by atoms with van der Waals surface area (Å²) in [5.74, 6) is 2.15. The van der Waals surface area contributed by atoms with E-state index in [1.54, 1.807) is 7.11 Å². The highest BCUT2D eigenvalue weighted by Crippen LogP contribution is 2.31. The predicted octanol–water partition coefficient (Wildman–Crippen LogP) is 2.28. The van der Waals surface area contributed by atoms with E-state index >= 15 is 0 Å². The largest absolute Gasteiger partial charge is 0.497 e. The third kappa shape index (κ3) is 3.55. The van der Waals surface area contributed by atoms with Crippen molar-refractivity contribution in [1.82, 2.24) is 25.9 Å². The molecule has 2 unspecified atom stereocenters. The fraction of sp³-hybridized carbons (Fsp3) is 0.318. The summed E-state index contributed by atoms with van der Waals surface area (Å²) in [5, 5.41) is 4.07. The van der Waals surface area contributed by atoms with Crippen molar-refractivity contribution in [2.45, 2.75) is 24.4 Å². The molecule has 1 amide bonds. The first-order valence-corrected chi connectivity index (χ1v) is 10.0. The summed E-state index contributed by atoms with van der Waals surface area (Å²) in [7, 11) is 1.65. The molecule has 30 heavy (non-hydrogen) atoms. The fourth-order valence-corrected chi connectivity index (χ4v) is 3.94. The maximum atomic E-state index is 12.9. The molecule has 0 spiro atoms. The van der Waals surface area contributed by atoms with E-state index in [1.807, 2.05) is 59.5 Å². The van der Waals surface area contributed by atoms with Crippen molar-refractivity contribution >= 4 is 5.91 Å². The van der Waals surface area contributed by atoms with E-state index in [-0.39, 0.29) is 23.9 Å². The van der Waals surface area contributed by atoms with E-state index in [0.717, 1.165) is 16.9 Å². The molecule has 3 heterocycles. The maximum Gasteiger partial charge on any atom is 0.241 e. The van der Waals surface area contributed by atoms with Gasteiger partial charge in [-0.25, -0.2) is 10.9 Å². The minimum absolute atomic E-state index is 0.0653. The number of methoxy groups -OCH3 is 1. The van der Waals surface area contributed by atoms with Gasteiger partial charge in [-0.15, -0.1) is 0 Å². The van der Waals surface area contributed by atoms with Crippen molar-refractivity contribution in [3.05, 3.63) is 66.1 Å². The number of ether oxygens (including phenoxy) is 1. The van der Waals surface area contributed by atoms with Gasteiger partial charge in [0.15, 0.2) is 0 Å². The molecule has 154 valence electrons. The number of hydrogen-bond donors (Lipinski definition) is 2. The zero-order chi connectivity index (χ0) is 20.5. The minimum Gasteiger partial charge on any atom is -0.497 e. The van der Waals surface area contributed by atoms with E-state index in [1.165, 1.54) is 0 Å². The Hall–Kier alpha value is -3.23. The summed E-state index contributed by atoms with van der Waals surface area (Å²) in [6.07, 6.45) is 0.686. The van der Waals surface area contributed by atoms with Gasteiger partial charge in [0.1, 0.15) is 11.8 Å². The molecule has 0 aliphatic carbocycles. The Morgan fingerprint density at radius 2 is 1.97 bits per heavy atom. The highest BCUT2D eigenvalue weighted by molar-refractivity contribution is 5.83. The Morgan fingerprint density at radius 1 is 1.13 bits per heavy atom. The predicted molar refractivity (Wildman–Crippen MR) is 109 cm³/mol. The molecule has 2 fully saturated rings. The molecule has 2 aromatic carbocycles. The average Bonchev–Trinajstić information content (AvgIpc) is 3.44. The molecule has 1 aromatic heterocycles. The van der Waals surface area contributed by atoms with Crippen LogP contribution in [0.2, 0.25) is 0 Å². The number of likely N-dealkylation sites (tertiary alicyclic amines) is 1. The molecule has 0 bridgehead atoms. The topological polar surface area (TPSA) is 92.5 Å². The smallest absolute Gasteiger partial charge is 0.241 e. The van der Waals surface area contributed by atoms with Crippen LogP contribution in [0.25, 0.3) is 11.4 Å². The summed E-state index contributed by atoms with van der Waals surface area (Å²) < 4.78 is 10.7. The number of hydrogen-bond acceptors (Lipinski definition) is 7. The first kappa shape index (κ1) is 18.8. The van der Waals surface area contributed by atoms with Gasteiger partial charge in [-0.1, -0.05) is 47.6 Å². The first-order chi connectivity index (χ1) is 14.7. The van der Waals surface area contributed by atoms with Crippen LogP contribution in [0, 0.1) is 0 Å². The molecular weight excluding hydrogens is 382 g/mol. The molecular formula is C22H23N5O3. The second-order valence-electron chi connectivity index (χ2n) is 7.67. The van der Waals surface area contributed by atoms with Crippen LogP contribution >= 0.6 is 0 Å². The highest BCUT2D eigenvalue weighted by atomic mass is 16.5. The van der Waals surface area contributed by atoms with Crippen LogP contribution in [-0.4, -0.2) is 47.2 Å². The molecule has 2 saturated heterocycles. The quantitative estimate of drug-likeness (QED) is 0.673. The number of hydrazine groups is 1. The molecule has 2 N–H and O–H groups in total. The van der Waals surface area contributed by atoms with Gasteiger partial charge in [-0.3, -0.25) is 4.79 Å². The van der Waals surface area contributed by atoms with Crippen LogP contribution in [0.15, 0.2) is 59.1 Å². The molecule has 2 atom stereocenters. The van der Waals surface area contributed by atoms with Gasteiger partial charge in [0.2, 0.25) is 17.6 Å². The summed E-state index contributed by atoms with van der Waals surface area (Å²) >= 11 is 0. The van der Waals surface area contributed by atoms with Gasteiger partial charge >= 0.3 is 0 Å². The number of carbonyl (C=O) groups is 1. The lowest BCUT2D eigenvalue weighted by Crippen LogP contribution is -2.54. The lowest BCUT2D eigenvalue weighted by molar-refractivity contribution is -0.138. The van der Waals surface area contributed by atoms with Gasteiger partial charge in [-0.05, 0) is 24.1 Å². The lowest BCUT2D eigenvalue weighted by Gasteiger charge is -2.38. The van der Waals surface area contributed by atoms with Crippen molar-refractivity contribution in [1.29, 1.82) is 0 Å². The first-order valence-electron chi connectivity index (χ1n) is 10.0. The Labute approximate surface area is 174 Å². The number of amides is 1. The van der Waals surface area contributed by atoms with Crippen molar-refractivity contribution < 1.29 is 14.1 Å². The highest BCUT2D eigenvalue weighted by Gasteiger charge is 2.40. The summed E-state index contributed by atoms with van der Waals surface area (Å²) in [6, 6.07) is 17.4. The molecule has 2 aliphatic heterocycles. The number of aromatic nitrogens is 2. The standard InChI is InChI=1S/C22H23N5O3/c1-29-17-9-5-8-15(10-17)18-11-19(25-24-18)22(28)27-12-16(13-27)21-23-20(26-30-21)14-6-3-2-4-7-14/h2-10,16,18-19,24-25H,11-13H2,1H3.